The first kappa shape index (κ1) is 7.57. The van der Waals surface area contributed by atoms with Crippen LogP contribution in [0, 0.1) is 5.82 Å². The molecule has 3 heteroatoms. The van der Waals surface area contributed by atoms with Gasteiger partial charge in [-0.1, -0.05) is 0 Å². The van der Waals surface area contributed by atoms with Crippen molar-refractivity contribution in [3.63, 3.8) is 0 Å². The fourth-order valence-electron chi connectivity index (χ4n) is 0.626. The molecular formula is C7H7FOS. The summed E-state index contributed by atoms with van der Waals surface area (Å²) >= 11 is -1.00. The fraction of sp³-hybridized carbons (Fsp3) is 0.143. The van der Waals surface area contributed by atoms with Gasteiger partial charge in [0, 0.05) is 0 Å². The molecular weight excluding hydrogens is 151 g/mol. The lowest BCUT2D eigenvalue weighted by Crippen LogP contribution is -1.96. The molecule has 0 aliphatic heterocycles. The highest BCUT2D eigenvalue weighted by Crippen LogP contribution is 2.08. The first-order valence-electron chi connectivity index (χ1n) is 2.79. The molecule has 0 aliphatic rings. The second-order valence-corrected chi connectivity index (χ2v) is 3.29. The van der Waals surface area contributed by atoms with E-state index in [1.54, 1.807) is 6.26 Å². The number of benzene rings is 1. The van der Waals surface area contributed by atoms with Crippen molar-refractivity contribution in [1.29, 1.82) is 0 Å². The molecule has 0 radical (unpaired) electrons. The van der Waals surface area contributed by atoms with Crippen LogP contribution in [0.5, 0.6) is 0 Å². The highest BCUT2D eigenvalue weighted by atomic mass is 32.2. The zero-order valence-corrected chi connectivity index (χ0v) is 6.32. The van der Waals surface area contributed by atoms with Gasteiger partial charge >= 0.3 is 0 Å². The van der Waals surface area contributed by atoms with Gasteiger partial charge in [-0.25, -0.2) is 4.39 Å². The number of rotatable bonds is 1. The monoisotopic (exact) mass is 158 g/mol. The maximum atomic E-state index is 12.3. The minimum atomic E-state index is -1.00. The van der Waals surface area contributed by atoms with Crippen LogP contribution in [-0.4, -0.2) is 10.8 Å². The standard InChI is InChI=1S/C7H7FOS/c1-10(9)7-4-2-6(8)3-5-7/h2-5H,1H3. The molecule has 0 amide bonds. The predicted octanol–water partition coefficient (Wildman–Crippen LogP) is 1.56. The van der Waals surface area contributed by atoms with Crippen molar-refractivity contribution in [2.45, 2.75) is 4.90 Å². The SMILES string of the molecule is C[S+]([O-])c1ccc(F)cc1. The molecule has 1 atom stereocenters. The summed E-state index contributed by atoms with van der Waals surface area (Å²) < 4.78 is 23.0. The Balaban J connectivity index is 2.89. The summed E-state index contributed by atoms with van der Waals surface area (Å²) in [5.41, 5.74) is 0. The second kappa shape index (κ2) is 3.03. The lowest BCUT2D eigenvalue weighted by atomic mass is 10.4. The van der Waals surface area contributed by atoms with Gasteiger partial charge in [-0.15, -0.1) is 0 Å². The third-order valence-corrected chi connectivity index (χ3v) is 2.08. The van der Waals surface area contributed by atoms with Gasteiger partial charge in [-0.2, -0.15) is 0 Å². The molecule has 1 aromatic carbocycles. The third-order valence-electron chi connectivity index (χ3n) is 1.15. The van der Waals surface area contributed by atoms with Crippen LogP contribution >= 0.6 is 0 Å². The summed E-state index contributed by atoms with van der Waals surface area (Å²) in [4.78, 5) is 0.654. The molecule has 0 heterocycles. The molecule has 1 rings (SSSR count). The van der Waals surface area contributed by atoms with Crippen molar-refractivity contribution < 1.29 is 8.94 Å². The molecule has 1 aromatic rings. The normalized spacial score (nSPS) is 13.1. The predicted molar refractivity (Wildman–Crippen MR) is 38.7 cm³/mol. The minimum absolute atomic E-state index is 0.297. The van der Waals surface area contributed by atoms with E-state index >= 15 is 0 Å². The summed E-state index contributed by atoms with van der Waals surface area (Å²) in [6.45, 7) is 0. The van der Waals surface area contributed by atoms with Gasteiger partial charge in [0.05, 0.1) is 0 Å². The summed E-state index contributed by atoms with van der Waals surface area (Å²) in [5.74, 6) is -0.297. The van der Waals surface area contributed by atoms with E-state index in [2.05, 4.69) is 0 Å². The van der Waals surface area contributed by atoms with Crippen LogP contribution in [0.2, 0.25) is 0 Å². The van der Waals surface area contributed by atoms with E-state index < -0.39 is 11.2 Å². The van der Waals surface area contributed by atoms with Crippen LogP contribution in [0.3, 0.4) is 0 Å². The van der Waals surface area contributed by atoms with Gasteiger partial charge in [0.25, 0.3) is 0 Å². The van der Waals surface area contributed by atoms with E-state index in [1.165, 1.54) is 24.3 Å². The van der Waals surface area contributed by atoms with Crippen LogP contribution in [-0.2, 0) is 11.2 Å². The van der Waals surface area contributed by atoms with Gasteiger partial charge in [0.2, 0.25) is 0 Å². The fourth-order valence-corrected chi connectivity index (χ4v) is 1.15. The molecule has 0 aromatic heterocycles. The van der Waals surface area contributed by atoms with Gasteiger partial charge < -0.3 is 4.55 Å². The largest absolute Gasteiger partial charge is 0.612 e. The van der Waals surface area contributed by atoms with Gasteiger partial charge in [0.1, 0.15) is 12.1 Å². The minimum Gasteiger partial charge on any atom is -0.612 e. The summed E-state index contributed by atoms with van der Waals surface area (Å²) in [6.07, 6.45) is 1.56. The lowest BCUT2D eigenvalue weighted by Gasteiger charge is -2.01. The molecule has 54 valence electrons. The average Bonchev–Trinajstić information content (AvgIpc) is 1.88. The van der Waals surface area contributed by atoms with Gasteiger partial charge in [0.15, 0.2) is 4.90 Å². The Morgan fingerprint density at radius 2 is 1.80 bits per heavy atom. The Kier molecular flexibility index (Phi) is 2.29. The second-order valence-electron chi connectivity index (χ2n) is 1.91. The molecule has 1 nitrogen and oxygen atoms in total. The van der Waals surface area contributed by atoms with Crippen LogP contribution < -0.4 is 0 Å². The van der Waals surface area contributed by atoms with E-state index in [1.807, 2.05) is 0 Å². The van der Waals surface area contributed by atoms with Crippen molar-refractivity contribution in [1.82, 2.24) is 0 Å². The lowest BCUT2D eigenvalue weighted by molar-refractivity contribution is 0.599. The Hall–Kier alpha value is -0.540. The van der Waals surface area contributed by atoms with Crippen LogP contribution in [0.15, 0.2) is 29.2 Å². The number of hydrogen-bond donors (Lipinski definition) is 0. The first-order chi connectivity index (χ1) is 4.70. The quantitative estimate of drug-likeness (QED) is 0.569. The smallest absolute Gasteiger partial charge is 0.152 e. The molecule has 10 heavy (non-hydrogen) atoms. The highest BCUT2D eigenvalue weighted by molar-refractivity contribution is 7.90. The van der Waals surface area contributed by atoms with Crippen molar-refractivity contribution in [2.75, 3.05) is 6.26 Å². The molecule has 0 saturated carbocycles. The van der Waals surface area contributed by atoms with E-state index in [4.69, 9.17) is 0 Å². The third kappa shape index (κ3) is 1.72. The van der Waals surface area contributed by atoms with Crippen LogP contribution in [0.25, 0.3) is 0 Å². The van der Waals surface area contributed by atoms with Gasteiger partial charge in [-0.3, -0.25) is 0 Å². The summed E-state index contributed by atoms with van der Waals surface area (Å²) in [5, 5.41) is 0. The van der Waals surface area contributed by atoms with E-state index in [0.29, 0.717) is 4.90 Å². The van der Waals surface area contributed by atoms with E-state index in [9.17, 15) is 8.94 Å². The Morgan fingerprint density at radius 3 is 2.20 bits per heavy atom. The van der Waals surface area contributed by atoms with E-state index in [-0.39, 0.29) is 5.82 Å². The van der Waals surface area contributed by atoms with Crippen molar-refractivity contribution in [2.24, 2.45) is 0 Å². The van der Waals surface area contributed by atoms with Crippen molar-refractivity contribution in [3.8, 4) is 0 Å². The molecule has 0 fully saturated rings. The summed E-state index contributed by atoms with van der Waals surface area (Å²) in [6, 6.07) is 5.64. The first-order valence-corrected chi connectivity index (χ1v) is 4.35. The van der Waals surface area contributed by atoms with Crippen LogP contribution in [0.4, 0.5) is 4.39 Å². The topological polar surface area (TPSA) is 23.1 Å². The Labute approximate surface area is 62.1 Å². The molecule has 0 saturated heterocycles. The maximum Gasteiger partial charge on any atom is 0.152 e. The zero-order chi connectivity index (χ0) is 7.56. The van der Waals surface area contributed by atoms with Crippen molar-refractivity contribution in [3.05, 3.63) is 30.1 Å². The highest BCUT2D eigenvalue weighted by Gasteiger charge is 2.01. The van der Waals surface area contributed by atoms with Gasteiger partial charge in [-0.05, 0) is 35.4 Å². The van der Waals surface area contributed by atoms with Crippen molar-refractivity contribution >= 4 is 11.2 Å². The molecule has 1 unspecified atom stereocenters. The molecule has 0 spiro atoms. The van der Waals surface area contributed by atoms with Crippen LogP contribution in [0.1, 0.15) is 0 Å². The summed E-state index contributed by atoms with van der Waals surface area (Å²) in [7, 11) is 0. The molecule has 0 aliphatic carbocycles. The molecule has 0 bridgehead atoms. The zero-order valence-electron chi connectivity index (χ0n) is 5.50. The number of hydrogen-bond acceptors (Lipinski definition) is 1. The number of halogens is 1. The maximum absolute atomic E-state index is 12.3. The Morgan fingerprint density at radius 1 is 1.30 bits per heavy atom. The molecule has 0 N–H and O–H groups in total. The Bertz CT molecular complexity index is 207. The van der Waals surface area contributed by atoms with E-state index in [0.717, 1.165) is 0 Å². The average molecular weight is 158 g/mol.